The van der Waals surface area contributed by atoms with E-state index >= 15 is 0 Å². The Morgan fingerprint density at radius 2 is 2.08 bits per heavy atom. The van der Waals surface area contributed by atoms with Crippen LogP contribution >= 0.6 is 0 Å². The van der Waals surface area contributed by atoms with Crippen LogP contribution in [-0.2, 0) is 27.3 Å². The second kappa shape index (κ2) is 7.59. The molecule has 1 aliphatic rings. The topological polar surface area (TPSA) is 82.1 Å². The van der Waals surface area contributed by atoms with E-state index in [9.17, 15) is 14.7 Å². The second-order valence-corrected chi connectivity index (χ2v) is 6.25. The maximum Gasteiger partial charge on any atom is 0.342 e. The highest BCUT2D eigenvalue weighted by molar-refractivity contribution is 5.98. The van der Waals surface area contributed by atoms with E-state index in [-0.39, 0.29) is 36.2 Å². The predicted octanol–water partition coefficient (Wildman–Crippen LogP) is 3.07. The van der Waals surface area contributed by atoms with Crippen LogP contribution in [0.25, 0.3) is 0 Å². The first-order valence-electron chi connectivity index (χ1n) is 8.13. The second-order valence-electron chi connectivity index (χ2n) is 6.25. The number of carbonyl (C=O) groups is 2. The predicted molar refractivity (Wildman–Crippen MR) is 91.8 cm³/mol. The first-order valence-corrected chi connectivity index (χ1v) is 8.13. The lowest BCUT2D eigenvalue weighted by molar-refractivity contribution is -0.141. The lowest BCUT2D eigenvalue weighted by Gasteiger charge is -2.16. The van der Waals surface area contributed by atoms with Crippen LogP contribution in [0, 0.1) is 12.8 Å². The molecule has 1 atom stereocenters. The summed E-state index contributed by atoms with van der Waals surface area (Å²) < 4.78 is 15.2. The highest BCUT2D eigenvalue weighted by Gasteiger charge is 2.31. The number of esters is 2. The van der Waals surface area contributed by atoms with Gasteiger partial charge in [-0.05, 0) is 31.7 Å². The number of aromatic hydroxyl groups is 1. The smallest absolute Gasteiger partial charge is 0.342 e. The molecule has 0 spiro atoms. The van der Waals surface area contributed by atoms with Gasteiger partial charge in [-0.2, -0.15) is 0 Å². The summed E-state index contributed by atoms with van der Waals surface area (Å²) in [5, 5.41) is 10.6. The van der Waals surface area contributed by atoms with Gasteiger partial charge in [0.2, 0.25) is 0 Å². The number of phenolic OH excluding ortho intramolecular Hbond substituents is 1. The van der Waals surface area contributed by atoms with E-state index in [4.69, 9.17) is 9.47 Å². The van der Waals surface area contributed by atoms with Crippen LogP contribution in [0.2, 0.25) is 0 Å². The zero-order chi connectivity index (χ0) is 18.7. The van der Waals surface area contributed by atoms with Crippen molar-refractivity contribution in [2.75, 3.05) is 14.2 Å². The largest absolute Gasteiger partial charge is 0.507 e. The van der Waals surface area contributed by atoms with Gasteiger partial charge in [-0.3, -0.25) is 4.79 Å². The van der Waals surface area contributed by atoms with Crippen molar-refractivity contribution in [3.05, 3.63) is 33.9 Å². The minimum atomic E-state index is -0.515. The van der Waals surface area contributed by atoms with Gasteiger partial charge in [0.25, 0.3) is 0 Å². The van der Waals surface area contributed by atoms with Gasteiger partial charge in [-0.1, -0.05) is 18.6 Å². The Balaban J connectivity index is 2.35. The average molecular weight is 348 g/mol. The van der Waals surface area contributed by atoms with E-state index in [1.807, 2.05) is 26.8 Å². The fourth-order valence-corrected chi connectivity index (χ4v) is 2.99. The summed E-state index contributed by atoms with van der Waals surface area (Å²) in [6, 6.07) is 0. The Morgan fingerprint density at radius 1 is 1.40 bits per heavy atom. The third-order valence-corrected chi connectivity index (χ3v) is 4.75. The zero-order valence-corrected chi connectivity index (χ0v) is 15.3. The van der Waals surface area contributed by atoms with Crippen molar-refractivity contribution >= 4 is 11.9 Å². The monoisotopic (exact) mass is 348 g/mol. The van der Waals surface area contributed by atoms with Gasteiger partial charge in [0, 0.05) is 11.1 Å². The summed E-state index contributed by atoms with van der Waals surface area (Å²) in [5.74, 6) is -0.305. The van der Waals surface area contributed by atoms with E-state index < -0.39 is 5.97 Å². The molecule has 6 heteroatoms. The summed E-state index contributed by atoms with van der Waals surface area (Å²) >= 11 is 0. The summed E-state index contributed by atoms with van der Waals surface area (Å²) in [6.07, 6.45) is 2.60. The molecule has 0 saturated heterocycles. The van der Waals surface area contributed by atoms with E-state index in [0.29, 0.717) is 23.3 Å². The molecule has 0 amide bonds. The van der Waals surface area contributed by atoms with Crippen molar-refractivity contribution in [3.8, 4) is 11.5 Å². The van der Waals surface area contributed by atoms with Crippen LogP contribution in [0.1, 0.15) is 47.3 Å². The molecule has 25 heavy (non-hydrogen) atoms. The van der Waals surface area contributed by atoms with Crippen molar-refractivity contribution < 1.29 is 28.9 Å². The zero-order valence-electron chi connectivity index (χ0n) is 15.3. The van der Waals surface area contributed by atoms with Crippen molar-refractivity contribution in [1.82, 2.24) is 0 Å². The highest BCUT2D eigenvalue weighted by Crippen LogP contribution is 2.42. The molecule has 1 aliphatic heterocycles. The lowest BCUT2D eigenvalue weighted by atomic mass is 9.93. The Bertz CT molecular complexity index is 732. The molecule has 1 unspecified atom stereocenters. The van der Waals surface area contributed by atoms with Gasteiger partial charge in [0.1, 0.15) is 23.7 Å². The van der Waals surface area contributed by atoms with E-state index in [1.54, 1.807) is 0 Å². The van der Waals surface area contributed by atoms with E-state index in [0.717, 1.165) is 11.1 Å². The maximum absolute atomic E-state index is 11.9. The molecule has 136 valence electrons. The third kappa shape index (κ3) is 3.62. The fourth-order valence-electron chi connectivity index (χ4n) is 2.99. The molecule has 0 aliphatic carbocycles. The Hall–Kier alpha value is -2.50. The Morgan fingerprint density at radius 3 is 2.68 bits per heavy atom. The first-order chi connectivity index (χ1) is 11.8. The van der Waals surface area contributed by atoms with Crippen molar-refractivity contribution in [2.45, 2.75) is 40.2 Å². The van der Waals surface area contributed by atoms with Crippen molar-refractivity contribution in [2.24, 2.45) is 5.92 Å². The molecule has 1 aromatic carbocycles. The summed E-state index contributed by atoms with van der Waals surface area (Å²) in [5.41, 5.74) is 3.23. The summed E-state index contributed by atoms with van der Waals surface area (Å²) in [4.78, 5) is 23.3. The first kappa shape index (κ1) is 18.8. The number of phenols is 1. The summed E-state index contributed by atoms with van der Waals surface area (Å²) in [7, 11) is 2.90. The molecular formula is C19H24O6. The molecule has 1 N–H and O–H groups in total. The molecule has 2 rings (SSSR count). The van der Waals surface area contributed by atoms with Crippen LogP contribution in [0.3, 0.4) is 0 Å². The van der Waals surface area contributed by atoms with Gasteiger partial charge in [0.15, 0.2) is 0 Å². The number of carbonyl (C=O) groups excluding carboxylic acids is 2. The molecule has 0 saturated carbocycles. The van der Waals surface area contributed by atoms with Crippen molar-refractivity contribution in [1.29, 1.82) is 0 Å². The Kier molecular flexibility index (Phi) is 5.72. The summed E-state index contributed by atoms with van der Waals surface area (Å²) in [6.45, 7) is 5.85. The third-order valence-electron chi connectivity index (χ3n) is 4.75. The van der Waals surface area contributed by atoms with Crippen LogP contribution in [0.5, 0.6) is 11.5 Å². The molecule has 0 radical (unpaired) electrons. The number of methoxy groups -OCH3 is 2. The van der Waals surface area contributed by atoms with Gasteiger partial charge >= 0.3 is 11.9 Å². The highest BCUT2D eigenvalue weighted by atomic mass is 16.5. The number of fused-ring (bicyclic) bond motifs is 1. The lowest BCUT2D eigenvalue weighted by Crippen LogP contribution is -2.08. The van der Waals surface area contributed by atoms with Gasteiger partial charge in [-0.15, -0.1) is 0 Å². The number of allylic oxidation sites excluding steroid dienone is 2. The fraction of sp³-hybridized carbons (Fsp3) is 0.474. The molecule has 1 aromatic rings. The maximum atomic E-state index is 11.9. The van der Waals surface area contributed by atoms with Gasteiger partial charge in [0.05, 0.1) is 20.6 Å². The molecule has 1 heterocycles. The van der Waals surface area contributed by atoms with Gasteiger partial charge in [-0.25, -0.2) is 4.79 Å². The molecule has 0 bridgehead atoms. The van der Waals surface area contributed by atoms with Gasteiger partial charge < -0.3 is 19.3 Å². The Labute approximate surface area is 147 Å². The van der Waals surface area contributed by atoms with E-state index in [2.05, 4.69) is 4.74 Å². The number of ether oxygens (including phenoxy) is 3. The molecule has 0 fully saturated rings. The van der Waals surface area contributed by atoms with Crippen LogP contribution in [0.4, 0.5) is 0 Å². The number of cyclic esters (lactones) is 1. The molecular weight excluding hydrogens is 324 g/mol. The number of hydrogen-bond acceptors (Lipinski definition) is 6. The standard InChI is InChI=1S/C19H24O6/c1-10(11(2)8-15(20)23-4)6-7-13-17(21)16-14(9-25-19(16)22)12(3)18(13)24-5/h6,11,21H,7-9H2,1-5H3. The minimum absolute atomic E-state index is 0.0149. The number of hydrogen-bond donors (Lipinski definition) is 1. The molecule has 6 nitrogen and oxygen atoms in total. The average Bonchev–Trinajstić information content (AvgIpc) is 2.98. The van der Waals surface area contributed by atoms with Crippen LogP contribution in [0.15, 0.2) is 11.6 Å². The normalized spacial score (nSPS) is 14.8. The van der Waals surface area contributed by atoms with Crippen LogP contribution in [-0.4, -0.2) is 31.3 Å². The SMILES string of the molecule is COC(=O)CC(C)C(C)=CCc1c(O)c2c(c(C)c1OC)COC2=O. The van der Waals surface area contributed by atoms with E-state index in [1.165, 1.54) is 14.2 Å². The molecule has 0 aromatic heterocycles. The minimum Gasteiger partial charge on any atom is -0.507 e. The number of rotatable bonds is 6. The quantitative estimate of drug-likeness (QED) is 0.628. The van der Waals surface area contributed by atoms with Crippen molar-refractivity contribution in [3.63, 3.8) is 0 Å². The number of benzene rings is 1. The van der Waals surface area contributed by atoms with Crippen LogP contribution < -0.4 is 4.74 Å².